The van der Waals surface area contributed by atoms with Gasteiger partial charge in [0.25, 0.3) is 0 Å². The molecule has 1 unspecified atom stereocenters. The highest BCUT2D eigenvalue weighted by Crippen LogP contribution is 2.20. The Labute approximate surface area is 89.2 Å². The van der Waals surface area contributed by atoms with Crippen LogP contribution in [-0.4, -0.2) is 41.0 Å². The molecule has 1 amide bonds. The van der Waals surface area contributed by atoms with E-state index in [0.717, 1.165) is 6.42 Å². The summed E-state index contributed by atoms with van der Waals surface area (Å²) in [6.45, 7) is 3.09. The van der Waals surface area contributed by atoms with Crippen molar-refractivity contribution in [1.82, 2.24) is 4.90 Å². The number of carbonyl (C=O) groups excluding carboxylic acids is 1. The third-order valence-corrected chi connectivity index (χ3v) is 2.73. The third-order valence-electron chi connectivity index (χ3n) is 2.73. The Morgan fingerprint density at radius 3 is 2.60 bits per heavy atom. The van der Waals surface area contributed by atoms with E-state index >= 15 is 0 Å². The fourth-order valence-electron chi connectivity index (χ4n) is 1.65. The van der Waals surface area contributed by atoms with Crippen molar-refractivity contribution in [1.29, 1.82) is 0 Å². The second-order valence-electron chi connectivity index (χ2n) is 4.14. The van der Waals surface area contributed by atoms with Gasteiger partial charge in [-0.2, -0.15) is 0 Å². The summed E-state index contributed by atoms with van der Waals surface area (Å²) in [6.07, 6.45) is 1.32. The molecule has 0 radical (unpaired) electrons. The van der Waals surface area contributed by atoms with Crippen LogP contribution in [0.1, 0.15) is 26.2 Å². The Balaban J connectivity index is 2.20. The molecular weight excluding hydrogens is 196 g/mol. The fraction of sp³-hybridized carbons (Fsp3) is 0.800. The van der Waals surface area contributed by atoms with Gasteiger partial charge in [0, 0.05) is 31.5 Å². The fourth-order valence-corrected chi connectivity index (χ4v) is 1.65. The average Bonchev–Trinajstić information content (AvgIpc) is 2.09. The van der Waals surface area contributed by atoms with E-state index in [9.17, 15) is 9.59 Å². The lowest BCUT2D eigenvalue weighted by Crippen LogP contribution is -2.51. The number of carboxylic acid groups (broad SMARTS) is 1. The molecule has 3 N–H and O–H groups in total. The molecule has 0 aromatic heterocycles. The number of hydrogen-bond acceptors (Lipinski definition) is 3. The molecule has 86 valence electrons. The largest absolute Gasteiger partial charge is 0.481 e. The molecule has 0 aromatic rings. The van der Waals surface area contributed by atoms with Crippen molar-refractivity contribution in [3.05, 3.63) is 0 Å². The summed E-state index contributed by atoms with van der Waals surface area (Å²) >= 11 is 0. The van der Waals surface area contributed by atoms with Gasteiger partial charge in [0.2, 0.25) is 5.91 Å². The SMILES string of the molecule is CCC(N)CC(=O)N1CC(CC(=O)O)C1. The Morgan fingerprint density at radius 1 is 1.53 bits per heavy atom. The summed E-state index contributed by atoms with van der Waals surface area (Å²) < 4.78 is 0. The molecule has 1 saturated heterocycles. The predicted octanol–water partition coefficient (Wildman–Crippen LogP) is 0.0469. The second-order valence-corrected chi connectivity index (χ2v) is 4.14. The maximum absolute atomic E-state index is 11.5. The quantitative estimate of drug-likeness (QED) is 0.677. The monoisotopic (exact) mass is 214 g/mol. The predicted molar refractivity (Wildman–Crippen MR) is 55.2 cm³/mol. The molecule has 15 heavy (non-hydrogen) atoms. The third kappa shape index (κ3) is 3.51. The Kier molecular flexibility index (Phi) is 4.08. The van der Waals surface area contributed by atoms with Crippen molar-refractivity contribution in [3.8, 4) is 0 Å². The van der Waals surface area contributed by atoms with Crippen molar-refractivity contribution in [2.45, 2.75) is 32.2 Å². The molecule has 0 aromatic carbocycles. The summed E-state index contributed by atoms with van der Waals surface area (Å²) in [6, 6.07) is -0.0731. The van der Waals surface area contributed by atoms with Crippen LogP contribution in [0.25, 0.3) is 0 Å². The molecule has 0 saturated carbocycles. The summed E-state index contributed by atoms with van der Waals surface area (Å²) in [4.78, 5) is 23.6. The second kappa shape index (κ2) is 5.11. The van der Waals surface area contributed by atoms with Gasteiger partial charge in [0.15, 0.2) is 0 Å². The molecule has 0 bridgehead atoms. The number of nitrogens with two attached hydrogens (primary N) is 1. The molecule has 1 aliphatic heterocycles. The number of nitrogens with zero attached hydrogens (tertiary/aromatic N) is 1. The van der Waals surface area contributed by atoms with E-state index in [1.54, 1.807) is 4.90 Å². The molecule has 1 fully saturated rings. The molecule has 0 aliphatic carbocycles. The van der Waals surface area contributed by atoms with Crippen molar-refractivity contribution in [2.24, 2.45) is 11.7 Å². The maximum atomic E-state index is 11.5. The minimum absolute atomic E-state index is 0.0472. The Morgan fingerprint density at radius 2 is 2.13 bits per heavy atom. The van der Waals surface area contributed by atoms with Gasteiger partial charge in [-0.15, -0.1) is 0 Å². The molecule has 1 heterocycles. The lowest BCUT2D eigenvalue weighted by Gasteiger charge is -2.39. The van der Waals surface area contributed by atoms with Crippen LogP contribution >= 0.6 is 0 Å². The first-order valence-corrected chi connectivity index (χ1v) is 5.28. The Hall–Kier alpha value is -1.10. The lowest BCUT2D eigenvalue weighted by molar-refractivity contribution is -0.145. The van der Waals surface area contributed by atoms with Crippen LogP contribution in [-0.2, 0) is 9.59 Å². The minimum Gasteiger partial charge on any atom is -0.481 e. The molecule has 1 aliphatic rings. The molecule has 1 rings (SSSR count). The van der Waals surface area contributed by atoms with E-state index < -0.39 is 5.97 Å². The van der Waals surface area contributed by atoms with E-state index in [4.69, 9.17) is 10.8 Å². The highest BCUT2D eigenvalue weighted by molar-refractivity contribution is 5.78. The van der Waals surface area contributed by atoms with Gasteiger partial charge >= 0.3 is 5.97 Å². The van der Waals surface area contributed by atoms with Crippen molar-refractivity contribution < 1.29 is 14.7 Å². The summed E-state index contributed by atoms with van der Waals surface area (Å²) in [5.74, 6) is -0.618. The van der Waals surface area contributed by atoms with E-state index in [0.29, 0.717) is 19.5 Å². The summed E-state index contributed by atoms with van der Waals surface area (Å²) in [5, 5.41) is 8.53. The number of likely N-dealkylation sites (tertiary alicyclic amines) is 1. The number of rotatable bonds is 5. The number of carboxylic acids is 1. The van der Waals surface area contributed by atoms with Gasteiger partial charge in [-0.05, 0) is 6.42 Å². The van der Waals surface area contributed by atoms with Gasteiger partial charge < -0.3 is 15.7 Å². The van der Waals surface area contributed by atoms with Crippen molar-refractivity contribution in [3.63, 3.8) is 0 Å². The van der Waals surface area contributed by atoms with Crippen LogP contribution in [0, 0.1) is 5.92 Å². The minimum atomic E-state index is -0.794. The van der Waals surface area contributed by atoms with Gasteiger partial charge in [-0.25, -0.2) is 0 Å². The van der Waals surface area contributed by atoms with E-state index in [1.807, 2.05) is 6.92 Å². The molecule has 0 spiro atoms. The van der Waals surface area contributed by atoms with Gasteiger partial charge in [-0.3, -0.25) is 9.59 Å². The highest BCUT2D eigenvalue weighted by Gasteiger charge is 2.32. The lowest BCUT2D eigenvalue weighted by atomic mass is 9.95. The zero-order valence-corrected chi connectivity index (χ0v) is 8.98. The van der Waals surface area contributed by atoms with E-state index in [2.05, 4.69) is 0 Å². The van der Waals surface area contributed by atoms with Crippen LogP contribution in [0.5, 0.6) is 0 Å². The van der Waals surface area contributed by atoms with Gasteiger partial charge in [-0.1, -0.05) is 6.92 Å². The van der Waals surface area contributed by atoms with Crippen LogP contribution in [0.15, 0.2) is 0 Å². The van der Waals surface area contributed by atoms with Crippen LogP contribution < -0.4 is 5.73 Å². The molecule has 1 atom stereocenters. The van der Waals surface area contributed by atoms with Crippen LogP contribution in [0.2, 0.25) is 0 Å². The number of carbonyl (C=O) groups is 2. The highest BCUT2D eigenvalue weighted by atomic mass is 16.4. The molecular formula is C10H18N2O3. The first-order chi connectivity index (χ1) is 7.02. The maximum Gasteiger partial charge on any atom is 0.303 e. The van der Waals surface area contributed by atoms with Crippen LogP contribution in [0.4, 0.5) is 0 Å². The topological polar surface area (TPSA) is 83.6 Å². The first-order valence-electron chi connectivity index (χ1n) is 5.28. The standard InChI is InChI=1S/C10H18N2O3/c1-2-8(11)4-9(13)12-5-7(6-12)3-10(14)15/h7-8H,2-6,11H2,1H3,(H,14,15). The first kappa shape index (κ1) is 12.0. The summed E-state index contributed by atoms with van der Waals surface area (Å²) in [7, 11) is 0. The van der Waals surface area contributed by atoms with Crippen molar-refractivity contribution >= 4 is 11.9 Å². The van der Waals surface area contributed by atoms with Gasteiger partial charge in [0.1, 0.15) is 0 Å². The Bertz CT molecular complexity index is 249. The zero-order valence-electron chi connectivity index (χ0n) is 8.98. The normalized spacial score (nSPS) is 18.4. The number of amides is 1. The molecule has 5 nitrogen and oxygen atoms in total. The number of aliphatic carboxylic acids is 1. The molecule has 5 heteroatoms. The van der Waals surface area contributed by atoms with Gasteiger partial charge in [0.05, 0.1) is 6.42 Å². The summed E-state index contributed by atoms with van der Waals surface area (Å²) in [5.41, 5.74) is 5.66. The number of hydrogen-bond donors (Lipinski definition) is 2. The van der Waals surface area contributed by atoms with Crippen molar-refractivity contribution in [2.75, 3.05) is 13.1 Å². The zero-order chi connectivity index (χ0) is 11.4. The van der Waals surface area contributed by atoms with Crippen LogP contribution in [0.3, 0.4) is 0 Å². The smallest absolute Gasteiger partial charge is 0.303 e. The average molecular weight is 214 g/mol. The van der Waals surface area contributed by atoms with E-state index in [-0.39, 0.29) is 24.3 Å². The van der Waals surface area contributed by atoms with E-state index in [1.165, 1.54) is 0 Å².